The zero-order valence-corrected chi connectivity index (χ0v) is 23.4. The predicted molar refractivity (Wildman–Crippen MR) is 159 cm³/mol. The molecule has 0 aliphatic carbocycles. The predicted octanol–water partition coefficient (Wildman–Crippen LogP) is 3.21. The number of rotatable bonds is 10. The second-order valence-corrected chi connectivity index (χ2v) is 11.0. The Balaban J connectivity index is 1.36. The number of carbonyl (C=O) groups excluding carboxylic acids is 2. The Labute approximate surface area is 239 Å². The summed E-state index contributed by atoms with van der Waals surface area (Å²) in [6, 6.07) is 23.4. The molecule has 0 unspecified atom stereocenters. The fourth-order valence-corrected chi connectivity index (χ4v) is 5.32. The van der Waals surface area contributed by atoms with E-state index in [-0.39, 0.29) is 18.2 Å². The summed E-state index contributed by atoms with van der Waals surface area (Å²) in [5.74, 6) is 0.333. The number of carbonyl (C=O) groups is 2. The number of nitrogens with two attached hydrogens (primary N) is 1. The number of tetrazole rings is 1. The Morgan fingerprint density at radius 3 is 2.51 bits per heavy atom. The van der Waals surface area contributed by atoms with Gasteiger partial charge in [-0.3, -0.25) is 9.59 Å². The molecular weight excluding hydrogens is 516 g/mol. The molecule has 0 spiro atoms. The number of aromatic amines is 1. The van der Waals surface area contributed by atoms with E-state index in [0.29, 0.717) is 38.3 Å². The molecule has 0 saturated heterocycles. The minimum absolute atomic E-state index is 0.108. The number of fused-ring (bicyclic) bond motifs is 1. The van der Waals surface area contributed by atoms with Gasteiger partial charge in [-0.25, -0.2) is 5.10 Å². The first-order valence-corrected chi connectivity index (χ1v) is 13.9. The summed E-state index contributed by atoms with van der Waals surface area (Å²) in [4.78, 5) is 28.7. The van der Waals surface area contributed by atoms with Crippen molar-refractivity contribution in [2.24, 2.45) is 5.73 Å². The lowest BCUT2D eigenvalue weighted by Crippen LogP contribution is -2.51. The number of benzene rings is 3. The number of amides is 2. The maximum absolute atomic E-state index is 13.9. The monoisotopic (exact) mass is 552 g/mol. The average molecular weight is 553 g/mol. The normalized spacial score (nSPS) is 15.3. The number of hydrogen-bond donors (Lipinski definition) is 4. The van der Waals surface area contributed by atoms with Crippen molar-refractivity contribution < 1.29 is 9.59 Å². The lowest BCUT2D eigenvalue weighted by atomic mass is 9.98. The van der Waals surface area contributed by atoms with Crippen LogP contribution in [-0.2, 0) is 22.6 Å². The molecule has 1 aromatic heterocycles. The van der Waals surface area contributed by atoms with Crippen LogP contribution in [0.1, 0.15) is 37.8 Å². The second kappa shape index (κ2) is 12.4. The van der Waals surface area contributed by atoms with Crippen molar-refractivity contribution in [1.29, 1.82) is 0 Å². The van der Waals surface area contributed by atoms with Crippen molar-refractivity contribution in [3.8, 4) is 22.5 Å². The largest absolute Gasteiger partial charge is 0.344 e. The fraction of sp³-hybridized carbons (Fsp3) is 0.323. The van der Waals surface area contributed by atoms with Gasteiger partial charge in [-0.15, -0.1) is 5.10 Å². The third kappa shape index (κ3) is 6.67. The highest BCUT2D eigenvalue weighted by molar-refractivity contribution is 6.00. The van der Waals surface area contributed by atoms with Crippen LogP contribution in [-0.4, -0.2) is 57.1 Å². The summed E-state index contributed by atoms with van der Waals surface area (Å²) in [6.45, 7) is 5.42. The van der Waals surface area contributed by atoms with Crippen molar-refractivity contribution in [3.63, 3.8) is 0 Å². The van der Waals surface area contributed by atoms with Crippen molar-refractivity contribution in [2.45, 2.75) is 51.2 Å². The number of H-pyrrole nitrogens is 1. The molecule has 212 valence electrons. The Morgan fingerprint density at radius 2 is 1.78 bits per heavy atom. The lowest BCUT2D eigenvalue weighted by molar-refractivity contribution is -0.128. The van der Waals surface area contributed by atoms with Gasteiger partial charge in [0.15, 0.2) is 5.82 Å². The number of nitrogens with zero attached hydrogens (tertiary/aromatic N) is 4. The van der Waals surface area contributed by atoms with E-state index in [2.05, 4.69) is 37.3 Å². The molecule has 1 atom stereocenters. The van der Waals surface area contributed by atoms with Gasteiger partial charge in [0.25, 0.3) is 0 Å². The molecule has 4 aromatic rings. The van der Waals surface area contributed by atoms with E-state index in [1.54, 1.807) is 4.90 Å². The Hall–Kier alpha value is -4.41. The Morgan fingerprint density at radius 1 is 1.05 bits per heavy atom. The zero-order valence-electron chi connectivity index (χ0n) is 23.4. The smallest absolute Gasteiger partial charge is 0.249 e. The zero-order chi connectivity index (χ0) is 28.8. The van der Waals surface area contributed by atoms with Gasteiger partial charge in [-0.1, -0.05) is 66.7 Å². The SMILES string of the molecule is CC(C)(CC(=O)N[C@@H]1CCc2ccccc2N(Cc2ccc(-c3ccccc3-c3nnn[nH]3)cc2)C1=O)NCCN. The van der Waals surface area contributed by atoms with Gasteiger partial charge in [0.1, 0.15) is 6.04 Å². The molecule has 2 heterocycles. The second-order valence-electron chi connectivity index (χ2n) is 11.0. The summed E-state index contributed by atoms with van der Waals surface area (Å²) >= 11 is 0. The Bertz CT molecular complexity index is 1480. The van der Waals surface area contributed by atoms with E-state index in [1.165, 1.54) is 0 Å². The van der Waals surface area contributed by atoms with Crippen LogP contribution in [0.5, 0.6) is 0 Å². The summed E-state index contributed by atoms with van der Waals surface area (Å²) < 4.78 is 0. The molecule has 41 heavy (non-hydrogen) atoms. The molecule has 2 amide bonds. The highest BCUT2D eigenvalue weighted by Crippen LogP contribution is 2.32. The topological polar surface area (TPSA) is 142 Å². The molecule has 5 rings (SSSR count). The maximum Gasteiger partial charge on any atom is 0.249 e. The molecule has 0 radical (unpaired) electrons. The number of para-hydroxylation sites is 1. The number of aromatic nitrogens is 4. The van der Waals surface area contributed by atoms with Crippen molar-refractivity contribution in [2.75, 3.05) is 18.0 Å². The third-order valence-electron chi connectivity index (χ3n) is 7.37. The standard InChI is InChI=1S/C31H36N8O2/c1-31(2,33-18-17-32)19-28(40)34-26-16-15-23-7-3-6-10-27(23)39(30(26)41)20-21-11-13-22(14-12-21)24-8-4-5-9-25(24)29-35-37-38-36-29/h3-14,26,33H,15-20,32H2,1-2H3,(H,34,40)(H,35,36,37,38)/t26-/m1/s1. The Kier molecular flexibility index (Phi) is 8.51. The highest BCUT2D eigenvalue weighted by atomic mass is 16.2. The van der Waals surface area contributed by atoms with Crippen molar-refractivity contribution >= 4 is 17.5 Å². The molecule has 10 nitrogen and oxygen atoms in total. The minimum atomic E-state index is -0.609. The van der Waals surface area contributed by atoms with Gasteiger partial charge in [-0.2, -0.15) is 0 Å². The quantitative estimate of drug-likeness (QED) is 0.237. The van der Waals surface area contributed by atoms with E-state index in [0.717, 1.165) is 33.5 Å². The van der Waals surface area contributed by atoms with Crippen LogP contribution in [0.15, 0.2) is 72.8 Å². The van der Waals surface area contributed by atoms with Crippen molar-refractivity contribution in [1.82, 2.24) is 31.3 Å². The van der Waals surface area contributed by atoms with Gasteiger partial charge >= 0.3 is 0 Å². The molecular formula is C31H36N8O2. The molecule has 1 aliphatic heterocycles. The van der Waals surface area contributed by atoms with Gasteiger partial charge < -0.3 is 21.3 Å². The number of aryl methyl sites for hydroxylation is 1. The van der Waals surface area contributed by atoms with Crippen LogP contribution in [0.3, 0.4) is 0 Å². The molecule has 0 fully saturated rings. The minimum Gasteiger partial charge on any atom is -0.344 e. The van der Waals surface area contributed by atoms with Crippen LogP contribution in [0.25, 0.3) is 22.5 Å². The van der Waals surface area contributed by atoms with Gasteiger partial charge in [0, 0.05) is 36.3 Å². The third-order valence-corrected chi connectivity index (χ3v) is 7.37. The summed E-state index contributed by atoms with van der Waals surface area (Å²) in [5, 5.41) is 20.6. The van der Waals surface area contributed by atoms with E-state index < -0.39 is 11.6 Å². The van der Waals surface area contributed by atoms with Crippen LogP contribution in [0.2, 0.25) is 0 Å². The molecule has 0 saturated carbocycles. The average Bonchev–Trinajstić information content (AvgIpc) is 3.48. The number of nitrogens with one attached hydrogen (secondary N) is 3. The summed E-state index contributed by atoms with van der Waals surface area (Å²) in [7, 11) is 0. The van der Waals surface area contributed by atoms with Gasteiger partial charge in [0.05, 0.1) is 6.54 Å². The number of anilines is 1. The van der Waals surface area contributed by atoms with Crippen molar-refractivity contribution in [3.05, 3.63) is 83.9 Å². The van der Waals surface area contributed by atoms with E-state index >= 15 is 0 Å². The molecule has 0 bridgehead atoms. The van der Waals surface area contributed by atoms with Crippen LogP contribution in [0, 0.1) is 0 Å². The highest BCUT2D eigenvalue weighted by Gasteiger charge is 2.32. The first kappa shape index (κ1) is 28.1. The molecule has 3 aromatic carbocycles. The van der Waals surface area contributed by atoms with Crippen LogP contribution < -0.4 is 21.3 Å². The molecule has 10 heteroatoms. The van der Waals surface area contributed by atoms with E-state index in [4.69, 9.17) is 5.73 Å². The summed E-state index contributed by atoms with van der Waals surface area (Å²) in [5.41, 5.74) is 11.1. The summed E-state index contributed by atoms with van der Waals surface area (Å²) in [6.07, 6.45) is 1.49. The van der Waals surface area contributed by atoms with Crippen LogP contribution in [0.4, 0.5) is 5.69 Å². The molecule has 5 N–H and O–H groups in total. The first-order chi connectivity index (χ1) is 19.8. The van der Waals surface area contributed by atoms with E-state index in [1.807, 2.05) is 80.6 Å². The van der Waals surface area contributed by atoms with Gasteiger partial charge in [-0.05, 0) is 65.4 Å². The first-order valence-electron chi connectivity index (χ1n) is 13.9. The van der Waals surface area contributed by atoms with Crippen LogP contribution >= 0.6 is 0 Å². The van der Waals surface area contributed by atoms with Gasteiger partial charge in [0.2, 0.25) is 11.8 Å². The maximum atomic E-state index is 13.9. The lowest BCUT2D eigenvalue weighted by Gasteiger charge is -2.29. The number of hydrogen-bond acceptors (Lipinski definition) is 7. The fourth-order valence-electron chi connectivity index (χ4n) is 5.32. The van der Waals surface area contributed by atoms with E-state index in [9.17, 15) is 9.59 Å². The molecule has 1 aliphatic rings.